The third-order valence-electron chi connectivity index (χ3n) is 3.54. The van der Waals surface area contributed by atoms with E-state index in [4.69, 9.17) is 0 Å². The quantitative estimate of drug-likeness (QED) is 0.880. The molecule has 1 saturated heterocycles. The summed E-state index contributed by atoms with van der Waals surface area (Å²) in [5.41, 5.74) is 0.451. The first kappa shape index (κ1) is 16.7. The van der Waals surface area contributed by atoms with Gasteiger partial charge in [-0.2, -0.15) is 8.78 Å². The van der Waals surface area contributed by atoms with E-state index in [1.807, 2.05) is 0 Å². The number of nitrogens with zero attached hydrogens (tertiary/aromatic N) is 2. The first-order valence-corrected chi connectivity index (χ1v) is 8.28. The number of fused-ring (bicyclic) bond motifs is 1. The molecule has 2 amide bonds. The van der Waals surface area contributed by atoms with Gasteiger partial charge in [-0.05, 0) is 30.7 Å². The second kappa shape index (κ2) is 7.16. The second-order valence-corrected chi connectivity index (χ2v) is 6.44. The van der Waals surface area contributed by atoms with Crippen molar-refractivity contribution in [3.63, 3.8) is 0 Å². The zero-order valence-corrected chi connectivity index (χ0v) is 13.4. The molecule has 0 bridgehead atoms. The highest BCUT2D eigenvalue weighted by atomic mass is 32.2. The van der Waals surface area contributed by atoms with Crippen LogP contribution in [0.4, 0.5) is 14.5 Å². The first-order chi connectivity index (χ1) is 11.5. The molecule has 0 aromatic heterocycles. The Kier molecular flexibility index (Phi) is 4.98. The zero-order valence-electron chi connectivity index (χ0n) is 12.6. The summed E-state index contributed by atoms with van der Waals surface area (Å²) in [7, 11) is 0. The number of carbonyl (C=O) groups is 2. The lowest BCUT2D eigenvalue weighted by Crippen LogP contribution is -2.36. The summed E-state index contributed by atoms with van der Waals surface area (Å²) in [4.78, 5) is 30.2. The predicted molar refractivity (Wildman–Crippen MR) is 86.3 cm³/mol. The molecule has 0 radical (unpaired) electrons. The summed E-state index contributed by atoms with van der Waals surface area (Å²) in [6.45, 7) is -1.54. The third kappa shape index (κ3) is 3.84. The highest BCUT2D eigenvalue weighted by molar-refractivity contribution is 8.15. The van der Waals surface area contributed by atoms with Crippen LogP contribution in [0.15, 0.2) is 29.3 Å². The van der Waals surface area contributed by atoms with Gasteiger partial charge in [0.1, 0.15) is 11.0 Å². The van der Waals surface area contributed by atoms with Gasteiger partial charge in [0.05, 0.1) is 0 Å². The van der Waals surface area contributed by atoms with Gasteiger partial charge < -0.3 is 10.1 Å². The lowest BCUT2D eigenvalue weighted by Gasteiger charge is -2.19. The van der Waals surface area contributed by atoms with Gasteiger partial charge in [-0.1, -0.05) is 11.8 Å². The van der Waals surface area contributed by atoms with Crippen LogP contribution >= 0.6 is 11.8 Å². The van der Waals surface area contributed by atoms with Crippen LogP contribution in [0.5, 0.6) is 5.75 Å². The Morgan fingerprint density at radius 3 is 2.83 bits per heavy atom. The molecule has 2 aliphatic rings. The Hall–Kier alpha value is -2.16. The smallest absolute Gasteiger partial charge is 0.387 e. The number of carbonyl (C=O) groups excluding carboxylic acids is 2. The third-order valence-corrected chi connectivity index (χ3v) is 4.75. The summed E-state index contributed by atoms with van der Waals surface area (Å²) < 4.78 is 28.4. The molecule has 0 spiro atoms. The van der Waals surface area contributed by atoms with Gasteiger partial charge in [0, 0.05) is 25.2 Å². The summed E-state index contributed by atoms with van der Waals surface area (Å²) in [5, 5.41) is 2.87. The number of benzene rings is 1. The zero-order chi connectivity index (χ0) is 17.1. The molecule has 128 valence electrons. The number of hydrogen-bond acceptors (Lipinski definition) is 5. The van der Waals surface area contributed by atoms with Gasteiger partial charge in [-0.15, -0.1) is 0 Å². The van der Waals surface area contributed by atoms with Gasteiger partial charge in [-0.25, -0.2) is 0 Å². The Labute approximate surface area is 141 Å². The maximum atomic E-state index is 12.2. The van der Waals surface area contributed by atoms with Crippen molar-refractivity contribution >= 4 is 34.4 Å². The average molecular weight is 355 g/mol. The van der Waals surface area contributed by atoms with Gasteiger partial charge >= 0.3 is 6.61 Å². The Bertz CT molecular complexity index is 666. The molecule has 1 aromatic carbocycles. The van der Waals surface area contributed by atoms with Gasteiger partial charge in [0.15, 0.2) is 5.17 Å². The van der Waals surface area contributed by atoms with E-state index in [9.17, 15) is 18.4 Å². The maximum absolute atomic E-state index is 12.2. The van der Waals surface area contributed by atoms with Crippen LogP contribution in [0, 0.1) is 0 Å². The SMILES string of the molecule is O=C(CC1SC2=NCCCN2C1=O)Nc1ccc(OC(F)F)cc1. The fraction of sp³-hybridized carbons (Fsp3) is 0.400. The number of amides is 2. The standard InChI is InChI=1S/C15H15F2N3O3S/c16-14(17)23-10-4-2-9(3-5-10)19-12(21)8-11-13(22)20-7-1-6-18-15(20)24-11/h2-5,11,14H,1,6-8H2,(H,19,21). The van der Waals surface area contributed by atoms with Crippen LogP contribution in [0.3, 0.4) is 0 Å². The van der Waals surface area contributed by atoms with Crippen LogP contribution in [0.25, 0.3) is 0 Å². The number of halogens is 2. The number of amidine groups is 1. The average Bonchev–Trinajstić information content (AvgIpc) is 2.85. The number of rotatable bonds is 5. The fourth-order valence-electron chi connectivity index (χ4n) is 2.47. The topological polar surface area (TPSA) is 71.0 Å². The summed E-state index contributed by atoms with van der Waals surface area (Å²) >= 11 is 1.31. The van der Waals surface area contributed by atoms with Gasteiger partial charge in [0.2, 0.25) is 11.8 Å². The molecule has 1 N–H and O–H groups in total. The lowest BCUT2D eigenvalue weighted by atomic mass is 10.2. The normalized spacial score (nSPS) is 20.0. The van der Waals surface area contributed by atoms with Crippen molar-refractivity contribution in [2.24, 2.45) is 4.99 Å². The van der Waals surface area contributed by atoms with Crippen LogP contribution in [-0.2, 0) is 9.59 Å². The van der Waals surface area contributed by atoms with Crippen molar-refractivity contribution in [2.45, 2.75) is 24.7 Å². The van der Waals surface area contributed by atoms with E-state index in [0.717, 1.165) is 6.42 Å². The molecule has 6 nitrogen and oxygen atoms in total. The Balaban J connectivity index is 1.55. The first-order valence-electron chi connectivity index (χ1n) is 7.40. The highest BCUT2D eigenvalue weighted by Crippen LogP contribution is 2.31. The molecule has 1 atom stereocenters. The van der Waals surface area contributed by atoms with Crippen molar-refractivity contribution in [2.75, 3.05) is 18.4 Å². The van der Waals surface area contributed by atoms with E-state index >= 15 is 0 Å². The van der Waals surface area contributed by atoms with E-state index in [2.05, 4.69) is 15.0 Å². The summed E-state index contributed by atoms with van der Waals surface area (Å²) in [6, 6.07) is 5.61. The largest absolute Gasteiger partial charge is 0.435 e. The fourth-order valence-corrected chi connectivity index (χ4v) is 3.66. The molecule has 2 heterocycles. The number of nitrogens with one attached hydrogen (secondary N) is 1. The number of anilines is 1. The molecule has 1 unspecified atom stereocenters. The molecule has 3 rings (SSSR count). The molecule has 0 aliphatic carbocycles. The van der Waals surface area contributed by atoms with E-state index < -0.39 is 11.9 Å². The number of alkyl halides is 2. The predicted octanol–water partition coefficient (Wildman–Crippen LogP) is 2.32. The Morgan fingerprint density at radius 1 is 1.42 bits per heavy atom. The number of hydrogen-bond donors (Lipinski definition) is 1. The van der Waals surface area contributed by atoms with Gasteiger partial charge in [-0.3, -0.25) is 19.5 Å². The van der Waals surface area contributed by atoms with E-state index in [1.54, 1.807) is 4.90 Å². The Morgan fingerprint density at radius 2 is 2.17 bits per heavy atom. The molecular weight excluding hydrogens is 340 g/mol. The van der Waals surface area contributed by atoms with Crippen LogP contribution < -0.4 is 10.1 Å². The second-order valence-electron chi connectivity index (χ2n) is 5.27. The van der Waals surface area contributed by atoms with Crippen LogP contribution in [0.2, 0.25) is 0 Å². The molecular formula is C15H15F2N3O3S. The summed E-state index contributed by atoms with van der Waals surface area (Å²) in [5.74, 6) is -0.391. The minimum atomic E-state index is -2.89. The molecule has 24 heavy (non-hydrogen) atoms. The highest BCUT2D eigenvalue weighted by Gasteiger charge is 2.39. The minimum Gasteiger partial charge on any atom is -0.435 e. The van der Waals surface area contributed by atoms with Crippen molar-refractivity contribution in [3.8, 4) is 5.75 Å². The molecule has 1 fully saturated rings. The molecule has 9 heteroatoms. The van der Waals surface area contributed by atoms with E-state index in [1.165, 1.54) is 36.0 Å². The molecule has 1 aromatic rings. The van der Waals surface area contributed by atoms with E-state index in [0.29, 0.717) is 23.9 Å². The van der Waals surface area contributed by atoms with Crippen molar-refractivity contribution in [3.05, 3.63) is 24.3 Å². The van der Waals surface area contributed by atoms with Crippen molar-refractivity contribution < 1.29 is 23.1 Å². The lowest BCUT2D eigenvalue weighted by molar-refractivity contribution is -0.128. The van der Waals surface area contributed by atoms with Crippen molar-refractivity contribution in [1.82, 2.24) is 4.90 Å². The number of aliphatic imine (C=N–C) groups is 1. The molecule has 2 aliphatic heterocycles. The van der Waals surface area contributed by atoms with Crippen molar-refractivity contribution in [1.29, 1.82) is 0 Å². The monoisotopic (exact) mass is 355 g/mol. The van der Waals surface area contributed by atoms with E-state index in [-0.39, 0.29) is 24.0 Å². The van der Waals surface area contributed by atoms with Crippen LogP contribution in [-0.4, -0.2) is 46.8 Å². The maximum Gasteiger partial charge on any atom is 0.387 e. The summed E-state index contributed by atoms with van der Waals surface area (Å²) in [6.07, 6.45) is 0.871. The number of thioether (sulfide) groups is 1. The van der Waals surface area contributed by atoms with Gasteiger partial charge in [0.25, 0.3) is 0 Å². The molecule has 0 saturated carbocycles. The van der Waals surface area contributed by atoms with Crippen LogP contribution in [0.1, 0.15) is 12.8 Å². The number of ether oxygens (including phenoxy) is 1. The minimum absolute atomic E-state index is 0.0133.